The molecule has 1 atom stereocenters. The highest BCUT2D eigenvalue weighted by Crippen LogP contribution is 2.39. The number of carbonyl (C=O) groups is 1. The van der Waals surface area contributed by atoms with Crippen molar-refractivity contribution >= 4 is 28.5 Å². The van der Waals surface area contributed by atoms with Gasteiger partial charge in [-0.15, -0.1) is 0 Å². The number of nitrogens with zero attached hydrogens (tertiary/aromatic N) is 7. The lowest BCUT2D eigenvalue weighted by Gasteiger charge is -2.09. The van der Waals surface area contributed by atoms with Gasteiger partial charge in [0.2, 0.25) is 0 Å². The Labute approximate surface area is 172 Å². The Bertz CT molecular complexity index is 1260. The number of carboxylic acid groups (broad SMARTS) is 1. The first-order chi connectivity index (χ1) is 14.6. The van der Waals surface area contributed by atoms with Crippen LogP contribution < -0.4 is 5.73 Å². The van der Waals surface area contributed by atoms with Crippen molar-refractivity contribution in [1.29, 1.82) is 0 Å². The molecule has 0 bridgehead atoms. The van der Waals surface area contributed by atoms with Gasteiger partial charge >= 0.3 is 12.1 Å². The molecule has 0 spiro atoms. The Kier molecular flexibility index (Phi) is 4.95. The molecule has 0 amide bonds. The number of hydrogen-bond donors (Lipinski definition) is 2. The van der Waals surface area contributed by atoms with Gasteiger partial charge in [-0.25, -0.2) is 24.3 Å². The van der Waals surface area contributed by atoms with E-state index >= 15 is 0 Å². The highest BCUT2D eigenvalue weighted by molar-refractivity contribution is 5.80. The SMILES string of the molecule is CC(C1CC1)n1cc2cc(-c3cnc4c(N)ncnn34)cnc2n1.O=C(O)C(F)(F)F. The summed E-state index contributed by atoms with van der Waals surface area (Å²) in [4.78, 5) is 21.7. The number of rotatable bonds is 3. The van der Waals surface area contributed by atoms with Crippen LogP contribution in [0, 0.1) is 5.92 Å². The smallest absolute Gasteiger partial charge is 0.475 e. The third kappa shape index (κ3) is 4.11. The van der Waals surface area contributed by atoms with Crippen LogP contribution in [0.4, 0.5) is 19.0 Å². The number of aliphatic carboxylic acids is 1. The fourth-order valence-corrected chi connectivity index (χ4v) is 3.11. The maximum atomic E-state index is 10.6. The number of halogens is 3. The number of imidazole rings is 1. The van der Waals surface area contributed by atoms with Crippen molar-refractivity contribution in [1.82, 2.24) is 34.3 Å². The van der Waals surface area contributed by atoms with Gasteiger partial charge < -0.3 is 10.8 Å². The van der Waals surface area contributed by atoms with Crippen LogP contribution in [-0.2, 0) is 4.79 Å². The minimum Gasteiger partial charge on any atom is -0.475 e. The summed E-state index contributed by atoms with van der Waals surface area (Å²) in [5, 5.41) is 17.0. The molecule has 1 aliphatic rings. The van der Waals surface area contributed by atoms with Crippen molar-refractivity contribution in [3.8, 4) is 11.3 Å². The van der Waals surface area contributed by atoms with Crippen LogP contribution in [-0.4, -0.2) is 51.6 Å². The zero-order valence-corrected chi connectivity index (χ0v) is 16.2. The van der Waals surface area contributed by atoms with E-state index in [2.05, 4.69) is 44.3 Å². The van der Waals surface area contributed by atoms with Gasteiger partial charge in [0.05, 0.1) is 17.9 Å². The molecule has 13 heteroatoms. The topological polar surface area (TPSA) is 137 Å². The van der Waals surface area contributed by atoms with Crippen LogP contribution in [0.1, 0.15) is 25.8 Å². The standard InChI is InChI=1S/C16H16N8.C2HF3O2/c1-9(10-2-3-10)23-7-12-4-11(5-18-15(12)22-23)13-6-19-16-14(17)20-8-21-24(13)16;3-2(4,5)1(6)7/h4-10H,2-3H2,1H3,(H2,17,20,21);(H,6,7). The van der Waals surface area contributed by atoms with Crippen molar-refractivity contribution in [3.63, 3.8) is 0 Å². The first-order valence-electron chi connectivity index (χ1n) is 9.24. The molecule has 3 N–H and O–H groups in total. The summed E-state index contributed by atoms with van der Waals surface area (Å²) < 4.78 is 35.5. The van der Waals surface area contributed by atoms with E-state index in [9.17, 15) is 13.2 Å². The first kappa shape index (κ1) is 20.5. The molecule has 1 aliphatic carbocycles. The molecule has 162 valence electrons. The molecule has 0 radical (unpaired) electrons. The van der Waals surface area contributed by atoms with Crippen LogP contribution in [0.3, 0.4) is 0 Å². The lowest BCUT2D eigenvalue weighted by atomic mass is 10.2. The number of anilines is 1. The van der Waals surface area contributed by atoms with Crippen molar-refractivity contribution in [2.24, 2.45) is 5.92 Å². The summed E-state index contributed by atoms with van der Waals surface area (Å²) in [7, 11) is 0. The van der Waals surface area contributed by atoms with Crippen LogP contribution in [0.25, 0.3) is 27.9 Å². The Hall–Kier alpha value is -3.77. The minimum atomic E-state index is -5.08. The van der Waals surface area contributed by atoms with Crippen LogP contribution in [0.15, 0.2) is 31.0 Å². The molecule has 1 saturated carbocycles. The van der Waals surface area contributed by atoms with Crippen molar-refractivity contribution in [3.05, 3.63) is 31.0 Å². The van der Waals surface area contributed by atoms with E-state index in [4.69, 9.17) is 15.6 Å². The lowest BCUT2D eigenvalue weighted by Crippen LogP contribution is -2.21. The zero-order chi connectivity index (χ0) is 22.3. The highest BCUT2D eigenvalue weighted by atomic mass is 19.4. The highest BCUT2D eigenvalue weighted by Gasteiger charge is 2.38. The fourth-order valence-electron chi connectivity index (χ4n) is 3.11. The average Bonchev–Trinajstić information content (AvgIpc) is 3.32. The Morgan fingerprint density at radius 3 is 2.61 bits per heavy atom. The molecule has 0 aromatic carbocycles. The maximum Gasteiger partial charge on any atom is 0.490 e. The second-order valence-corrected chi connectivity index (χ2v) is 7.15. The van der Waals surface area contributed by atoms with Crippen molar-refractivity contribution in [2.75, 3.05) is 5.73 Å². The molecule has 4 aromatic rings. The summed E-state index contributed by atoms with van der Waals surface area (Å²) in [6, 6.07) is 2.48. The summed E-state index contributed by atoms with van der Waals surface area (Å²) in [6.07, 6.45) is 4.53. The zero-order valence-electron chi connectivity index (χ0n) is 16.2. The second-order valence-electron chi connectivity index (χ2n) is 7.15. The van der Waals surface area contributed by atoms with Crippen LogP contribution >= 0.6 is 0 Å². The summed E-state index contributed by atoms with van der Waals surface area (Å²) >= 11 is 0. The number of fused-ring (bicyclic) bond motifs is 2. The average molecular weight is 434 g/mol. The molecular formula is C18H17F3N8O2. The summed E-state index contributed by atoms with van der Waals surface area (Å²) in [5.74, 6) is -1.65. The van der Waals surface area contributed by atoms with Crippen molar-refractivity contribution < 1.29 is 23.1 Å². The second kappa shape index (κ2) is 7.49. The quantitative estimate of drug-likeness (QED) is 0.502. The molecule has 4 heterocycles. The van der Waals surface area contributed by atoms with Crippen LogP contribution in [0.2, 0.25) is 0 Å². The molecule has 31 heavy (non-hydrogen) atoms. The maximum absolute atomic E-state index is 10.6. The normalized spacial score (nSPS) is 15.0. The Balaban J connectivity index is 0.000000289. The van der Waals surface area contributed by atoms with Gasteiger partial charge in [0, 0.05) is 23.3 Å². The van der Waals surface area contributed by atoms with E-state index in [0.717, 1.165) is 28.2 Å². The van der Waals surface area contributed by atoms with Crippen LogP contribution in [0.5, 0.6) is 0 Å². The predicted molar refractivity (Wildman–Crippen MR) is 103 cm³/mol. The van der Waals surface area contributed by atoms with Gasteiger partial charge in [-0.1, -0.05) is 0 Å². The third-order valence-electron chi connectivity index (χ3n) is 4.97. The number of aromatic nitrogens is 7. The van der Waals surface area contributed by atoms with Gasteiger partial charge in [0.15, 0.2) is 17.1 Å². The minimum absolute atomic E-state index is 0.358. The molecular weight excluding hydrogens is 417 g/mol. The van der Waals surface area contributed by atoms with E-state index < -0.39 is 12.1 Å². The lowest BCUT2D eigenvalue weighted by molar-refractivity contribution is -0.192. The number of nitrogen functional groups attached to an aromatic ring is 1. The van der Waals surface area contributed by atoms with Gasteiger partial charge in [0.25, 0.3) is 0 Å². The van der Waals surface area contributed by atoms with Gasteiger partial charge in [-0.2, -0.15) is 23.4 Å². The Morgan fingerprint density at radius 2 is 1.97 bits per heavy atom. The molecule has 1 unspecified atom stereocenters. The number of pyridine rings is 1. The Morgan fingerprint density at radius 1 is 1.26 bits per heavy atom. The third-order valence-corrected chi connectivity index (χ3v) is 4.97. The molecule has 4 aromatic heterocycles. The predicted octanol–water partition coefficient (Wildman–Crippen LogP) is 2.72. The molecule has 10 nitrogen and oxygen atoms in total. The molecule has 0 saturated heterocycles. The summed E-state index contributed by atoms with van der Waals surface area (Å²) in [6.45, 7) is 2.22. The van der Waals surface area contributed by atoms with E-state index in [0.29, 0.717) is 17.5 Å². The number of carboxylic acids is 1. The van der Waals surface area contributed by atoms with Gasteiger partial charge in [-0.05, 0) is 31.7 Å². The van der Waals surface area contributed by atoms with E-state index in [-0.39, 0.29) is 0 Å². The fraction of sp³-hybridized carbons (Fsp3) is 0.333. The van der Waals surface area contributed by atoms with E-state index in [1.54, 1.807) is 16.9 Å². The largest absolute Gasteiger partial charge is 0.490 e. The molecule has 0 aliphatic heterocycles. The number of hydrogen-bond acceptors (Lipinski definition) is 7. The van der Waals surface area contributed by atoms with Gasteiger partial charge in [-0.3, -0.25) is 4.68 Å². The van der Waals surface area contributed by atoms with Gasteiger partial charge in [0.1, 0.15) is 6.33 Å². The first-order valence-corrected chi connectivity index (χ1v) is 9.24. The summed E-state index contributed by atoms with van der Waals surface area (Å²) in [5.41, 5.74) is 8.90. The number of alkyl halides is 3. The molecule has 5 rings (SSSR count). The molecule has 1 fully saturated rings. The van der Waals surface area contributed by atoms with Crippen molar-refractivity contribution in [2.45, 2.75) is 32.0 Å². The monoisotopic (exact) mass is 434 g/mol. The van der Waals surface area contributed by atoms with E-state index in [1.165, 1.54) is 19.2 Å². The van der Waals surface area contributed by atoms with E-state index in [1.807, 2.05) is 4.68 Å². The number of nitrogens with two attached hydrogens (primary N) is 1.